The highest BCUT2D eigenvalue weighted by atomic mass is 16.3. The van der Waals surface area contributed by atoms with Gasteiger partial charge in [0.15, 0.2) is 5.76 Å². The zero-order valence-electron chi connectivity index (χ0n) is 10.1. The summed E-state index contributed by atoms with van der Waals surface area (Å²) >= 11 is 0. The van der Waals surface area contributed by atoms with Crippen LogP contribution in [0.3, 0.4) is 0 Å². The van der Waals surface area contributed by atoms with Crippen LogP contribution in [0.4, 0.5) is 0 Å². The van der Waals surface area contributed by atoms with Crippen molar-refractivity contribution in [3.05, 3.63) is 77.1 Å². The van der Waals surface area contributed by atoms with Crippen LogP contribution < -0.4 is 0 Å². The molecule has 2 heteroatoms. The van der Waals surface area contributed by atoms with Crippen LogP contribution in [-0.2, 0) is 4.79 Å². The third-order valence-electron chi connectivity index (χ3n) is 2.71. The molecule has 18 heavy (non-hydrogen) atoms. The van der Waals surface area contributed by atoms with Crippen LogP contribution in [0.2, 0.25) is 0 Å². The van der Waals surface area contributed by atoms with E-state index in [0.29, 0.717) is 0 Å². The molecule has 0 aromatic heterocycles. The molecule has 0 aliphatic heterocycles. The second-order valence-electron chi connectivity index (χ2n) is 4.11. The van der Waals surface area contributed by atoms with Crippen molar-refractivity contribution in [2.75, 3.05) is 0 Å². The van der Waals surface area contributed by atoms with Crippen LogP contribution >= 0.6 is 0 Å². The Labute approximate surface area is 106 Å². The molecule has 90 valence electrons. The molecule has 1 aromatic rings. The fourth-order valence-corrected chi connectivity index (χ4v) is 1.69. The maximum Gasteiger partial charge on any atom is 0.220 e. The van der Waals surface area contributed by atoms with Crippen molar-refractivity contribution < 1.29 is 9.90 Å². The van der Waals surface area contributed by atoms with E-state index < -0.39 is 0 Å². The van der Waals surface area contributed by atoms with Gasteiger partial charge < -0.3 is 5.11 Å². The first-order valence-electron chi connectivity index (χ1n) is 5.74. The fourth-order valence-electron chi connectivity index (χ4n) is 1.69. The number of hydrogen-bond donors (Lipinski definition) is 1. The normalized spacial score (nSPS) is 18.1. The largest absolute Gasteiger partial charge is 0.504 e. The van der Waals surface area contributed by atoms with E-state index >= 15 is 0 Å². The zero-order valence-corrected chi connectivity index (χ0v) is 10.1. The van der Waals surface area contributed by atoms with Crippen molar-refractivity contribution in [2.45, 2.75) is 6.92 Å². The lowest BCUT2D eigenvalue weighted by Crippen LogP contribution is -2.05. The molecule has 2 nitrogen and oxygen atoms in total. The molecule has 0 radical (unpaired) electrons. The summed E-state index contributed by atoms with van der Waals surface area (Å²) in [6.07, 6.45) is 8.69. The van der Waals surface area contributed by atoms with E-state index in [1.165, 1.54) is 12.2 Å². The first kappa shape index (κ1) is 12.1. The van der Waals surface area contributed by atoms with Crippen LogP contribution in [0.15, 0.2) is 71.5 Å². The maximum absolute atomic E-state index is 11.2. The molecule has 0 atom stereocenters. The summed E-state index contributed by atoms with van der Waals surface area (Å²) in [5, 5.41) is 9.38. The van der Waals surface area contributed by atoms with Crippen LogP contribution in [0.25, 0.3) is 6.08 Å². The Morgan fingerprint density at radius 1 is 1.11 bits per heavy atom. The van der Waals surface area contributed by atoms with Gasteiger partial charge in [-0.1, -0.05) is 48.6 Å². The van der Waals surface area contributed by atoms with Crippen LogP contribution in [-0.4, -0.2) is 10.9 Å². The molecule has 1 aliphatic rings. The average molecular weight is 238 g/mol. The SMILES string of the molecule is CC1=CC(=O)C(O)=C/C1=C\C=Cc1ccccc1. The molecule has 1 aromatic carbocycles. The van der Waals surface area contributed by atoms with Gasteiger partial charge >= 0.3 is 0 Å². The van der Waals surface area contributed by atoms with Gasteiger partial charge in [-0.25, -0.2) is 0 Å². The number of allylic oxidation sites excluding steroid dienone is 6. The highest BCUT2D eigenvalue weighted by Crippen LogP contribution is 2.19. The third kappa shape index (κ3) is 2.86. The van der Waals surface area contributed by atoms with Gasteiger partial charge in [0.1, 0.15) is 0 Å². The van der Waals surface area contributed by atoms with Gasteiger partial charge in [-0.3, -0.25) is 4.79 Å². The summed E-state index contributed by atoms with van der Waals surface area (Å²) < 4.78 is 0. The molecule has 0 saturated carbocycles. The highest BCUT2D eigenvalue weighted by molar-refractivity contribution is 6.05. The number of carbonyl (C=O) groups is 1. The summed E-state index contributed by atoms with van der Waals surface area (Å²) in [5.74, 6) is -0.545. The number of aliphatic hydroxyl groups is 1. The molecule has 1 N–H and O–H groups in total. The first-order valence-corrected chi connectivity index (χ1v) is 5.74. The van der Waals surface area contributed by atoms with E-state index in [1.807, 2.05) is 55.5 Å². The first-order chi connectivity index (χ1) is 8.66. The Morgan fingerprint density at radius 3 is 2.56 bits per heavy atom. The number of benzene rings is 1. The van der Waals surface area contributed by atoms with Crippen LogP contribution in [0.5, 0.6) is 0 Å². The van der Waals surface area contributed by atoms with Crippen molar-refractivity contribution in [1.29, 1.82) is 0 Å². The van der Waals surface area contributed by atoms with Gasteiger partial charge in [0.25, 0.3) is 0 Å². The standard InChI is InChI=1S/C16H14O2/c1-12-10-15(17)16(18)11-14(12)9-5-8-13-6-3-2-4-7-13/h2-11,18H,1H3/b8-5?,14-9+. The molecule has 0 unspecified atom stereocenters. The Morgan fingerprint density at radius 2 is 1.83 bits per heavy atom. The van der Waals surface area contributed by atoms with Gasteiger partial charge in [-0.15, -0.1) is 0 Å². The topological polar surface area (TPSA) is 37.3 Å². The number of rotatable bonds is 2. The minimum Gasteiger partial charge on any atom is -0.504 e. The summed E-state index contributed by atoms with van der Waals surface area (Å²) in [7, 11) is 0. The maximum atomic E-state index is 11.2. The second kappa shape index (κ2) is 5.32. The Bertz CT molecular complexity index is 572. The van der Waals surface area contributed by atoms with E-state index in [-0.39, 0.29) is 11.5 Å². The molecule has 1 aliphatic carbocycles. The predicted octanol–water partition coefficient (Wildman–Crippen LogP) is 3.60. The molecule has 0 heterocycles. The summed E-state index contributed by atoms with van der Waals surface area (Å²) in [5.41, 5.74) is 2.81. The molecular formula is C16H14O2. The van der Waals surface area contributed by atoms with E-state index in [1.54, 1.807) is 0 Å². The molecular weight excluding hydrogens is 224 g/mol. The molecule has 0 saturated heterocycles. The Hall–Kier alpha value is -2.35. The minimum absolute atomic E-state index is 0.208. The summed E-state index contributed by atoms with van der Waals surface area (Å²) in [6, 6.07) is 9.94. The van der Waals surface area contributed by atoms with E-state index in [4.69, 9.17) is 0 Å². The highest BCUT2D eigenvalue weighted by Gasteiger charge is 2.12. The molecule has 0 fully saturated rings. The third-order valence-corrected chi connectivity index (χ3v) is 2.71. The number of ketones is 1. The van der Waals surface area contributed by atoms with E-state index in [2.05, 4.69) is 0 Å². The lowest BCUT2D eigenvalue weighted by Gasteiger charge is -2.08. The van der Waals surface area contributed by atoms with Crippen molar-refractivity contribution in [3.8, 4) is 0 Å². The average Bonchev–Trinajstić information content (AvgIpc) is 2.37. The van der Waals surface area contributed by atoms with Gasteiger partial charge in [0.2, 0.25) is 5.78 Å². The van der Waals surface area contributed by atoms with Gasteiger partial charge in [0, 0.05) is 0 Å². The quantitative estimate of drug-likeness (QED) is 0.854. The molecule has 0 bridgehead atoms. The van der Waals surface area contributed by atoms with Crippen LogP contribution in [0, 0.1) is 0 Å². The van der Waals surface area contributed by atoms with Crippen molar-refractivity contribution in [1.82, 2.24) is 0 Å². The van der Waals surface area contributed by atoms with Gasteiger partial charge in [-0.2, -0.15) is 0 Å². The summed E-state index contributed by atoms with van der Waals surface area (Å²) in [6.45, 7) is 1.85. The number of carbonyl (C=O) groups excluding carboxylic acids is 1. The fraction of sp³-hybridized carbons (Fsp3) is 0.0625. The minimum atomic E-state index is -0.336. The zero-order chi connectivity index (χ0) is 13.0. The number of aliphatic hydroxyl groups excluding tert-OH is 1. The predicted molar refractivity (Wildman–Crippen MR) is 73.0 cm³/mol. The Balaban J connectivity index is 2.18. The molecule has 2 rings (SSSR count). The number of hydrogen-bond acceptors (Lipinski definition) is 2. The van der Waals surface area contributed by atoms with Crippen LogP contribution in [0.1, 0.15) is 12.5 Å². The van der Waals surface area contributed by atoms with E-state index in [9.17, 15) is 9.90 Å². The Kier molecular flexibility index (Phi) is 3.58. The van der Waals surface area contributed by atoms with Gasteiger partial charge in [0.05, 0.1) is 0 Å². The van der Waals surface area contributed by atoms with Crippen molar-refractivity contribution >= 4 is 11.9 Å². The second-order valence-corrected chi connectivity index (χ2v) is 4.11. The van der Waals surface area contributed by atoms with Crippen molar-refractivity contribution in [3.63, 3.8) is 0 Å². The summed E-state index contributed by atoms with van der Waals surface area (Å²) in [4.78, 5) is 11.2. The monoisotopic (exact) mass is 238 g/mol. The van der Waals surface area contributed by atoms with Gasteiger partial charge in [-0.05, 0) is 35.8 Å². The van der Waals surface area contributed by atoms with Crippen molar-refractivity contribution in [2.24, 2.45) is 0 Å². The smallest absolute Gasteiger partial charge is 0.220 e. The molecule has 0 spiro atoms. The molecule has 0 amide bonds. The lowest BCUT2D eigenvalue weighted by molar-refractivity contribution is -0.113. The van der Waals surface area contributed by atoms with E-state index in [0.717, 1.165) is 16.7 Å². The lowest BCUT2D eigenvalue weighted by atomic mass is 9.99.